The molecule has 0 aliphatic carbocycles. The van der Waals surface area contributed by atoms with E-state index in [4.69, 9.17) is 4.74 Å². The van der Waals surface area contributed by atoms with E-state index in [-0.39, 0.29) is 10.7 Å². The van der Waals surface area contributed by atoms with Gasteiger partial charge in [-0.3, -0.25) is 0 Å². The molecule has 1 fully saturated rings. The van der Waals surface area contributed by atoms with Crippen molar-refractivity contribution in [2.24, 2.45) is 0 Å². The maximum absolute atomic E-state index is 5.75. The third-order valence-corrected chi connectivity index (χ3v) is 3.84. The second-order valence-electron chi connectivity index (χ2n) is 4.43. The Hall–Kier alpha value is 0.360. The minimum Gasteiger partial charge on any atom is -0.361 e. The van der Waals surface area contributed by atoms with Gasteiger partial charge in [0.15, 0.2) is 0 Å². The van der Waals surface area contributed by atoms with Gasteiger partial charge in [-0.05, 0) is 12.8 Å². The Labute approximate surface area is 108 Å². The van der Waals surface area contributed by atoms with Gasteiger partial charge < -0.3 is 16.2 Å². The van der Waals surface area contributed by atoms with Gasteiger partial charge in [-0.15, -0.1) is 0 Å². The van der Waals surface area contributed by atoms with Crippen molar-refractivity contribution in [2.45, 2.75) is 56.4 Å². The van der Waals surface area contributed by atoms with Crippen LogP contribution in [0.5, 0.6) is 0 Å². The van der Waals surface area contributed by atoms with E-state index >= 15 is 0 Å². The summed E-state index contributed by atoms with van der Waals surface area (Å²) in [4.78, 5) is 0. The number of unbranched alkanes of at least 4 members (excludes halogenated alkanes) is 5. The van der Waals surface area contributed by atoms with E-state index in [1.165, 1.54) is 38.5 Å². The summed E-state index contributed by atoms with van der Waals surface area (Å²) in [6.45, 7) is 5.03. The maximum Gasteiger partial charge on any atom is 0.135 e. The quantitative estimate of drug-likeness (QED) is 0.557. The Balaban J connectivity index is 0.00000225. The lowest BCUT2D eigenvalue weighted by Crippen LogP contribution is -2.45. The number of hydrogen-bond acceptors (Lipinski definition) is 3. The molecule has 0 aromatic carbocycles. The van der Waals surface area contributed by atoms with Crippen molar-refractivity contribution in [1.82, 2.24) is 11.5 Å². The molecule has 1 aliphatic heterocycles. The predicted octanol–water partition coefficient (Wildman–Crippen LogP) is 3.61. The van der Waals surface area contributed by atoms with Gasteiger partial charge in [0.25, 0.3) is 0 Å². The average Bonchev–Trinajstić information content (AvgIpc) is 2.24. The number of ether oxygens (including phenoxy) is 1. The highest BCUT2D eigenvalue weighted by Gasteiger charge is 2.28. The van der Waals surface area contributed by atoms with Gasteiger partial charge in [0.2, 0.25) is 0 Å². The van der Waals surface area contributed by atoms with E-state index in [9.17, 15) is 0 Å². The average molecular weight is 295 g/mol. The van der Waals surface area contributed by atoms with Gasteiger partial charge in [0.05, 0.1) is 6.61 Å². The van der Waals surface area contributed by atoms with E-state index in [2.05, 4.69) is 28.2 Å². The Bertz CT molecular complexity index is 161. The number of hydrogen-bond donors (Lipinski definition) is 2. The van der Waals surface area contributed by atoms with Gasteiger partial charge in [0, 0.05) is 13.1 Å². The maximum atomic E-state index is 5.75. The lowest BCUT2D eigenvalue weighted by atomic mass is 10.1. The van der Waals surface area contributed by atoms with E-state index in [0.717, 1.165) is 26.1 Å². The van der Waals surface area contributed by atoms with Crippen molar-refractivity contribution in [1.29, 1.82) is 0 Å². The molecule has 0 radical (unpaired) electrons. The monoisotopic (exact) mass is 294 g/mol. The highest BCUT2D eigenvalue weighted by Crippen LogP contribution is 2.28. The second kappa shape index (κ2) is 9.40. The zero-order valence-electron chi connectivity index (χ0n) is 10.6. The van der Waals surface area contributed by atoms with Crippen LogP contribution in [0.25, 0.3) is 0 Å². The minimum atomic E-state index is -0.0734. The summed E-state index contributed by atoms with van der Waals surface area (Å²) >= 11 is 3.69. The largest absolute Gasteiger partial charge is 0.361 e. The molecule has 0 aromatic rings. The Kier molecular flexibility index (Phi) is 9.61. The molecule has 1 saturated heterocycles. The summed E-state index contributed by atoms with van der Waals surface area (Å²) in [7, 11) is 0. The zero-order valence-corrected chi connectivity index (χ0v) is 12.2. The van der Waals surface area contributed by atoms with Crippen LogP contribution in [-0.2, 0) is 4.74 Å². The molecular formula is C12H27BrN2O. The summed E-state index contributed by atoms with van der Waals surface area (Å²) in [5, 5.41) is 3.36. The molecule has 4 N–H and O–H groups in total. The SMILES string of the molecule is CCCCCCCCC1(Br)CNCCO1.N. The van der Waals surface area contributed by atoms with Gasteiger partial charge in [0.1, 0.15) is 4.51 Å². The van der Waals surface area contributed by atoms with Crippen LogP contribution in [0.2, 0.25) is 0 Å². The van der Waals surface area contributed by atoms with Crippen LogP contribution in [0.3, 0.4) is 0 Å². The molecule has 0 spiro atoms. The fraction of sp³-hybridized carbons (Fsp3) is 1.00. The van der Waals surface area contributed by atoms with Crippen LogP contribution in [0.15, 0.2) is 0 Å². The van der Waals surface area contributed by atoms with Crippen molar-refractivity contribution in [3.8, 4) is 0 Å². The van der Waals surface area contributed by atoms with Crippen LogP contribution < -0.4 is 11.5 Å². The molecule has 98 valence electrons. The topological polar surface area (TPSA) is 56.3 Å². The minimum absolute atomic E-state index is 0. The Morgan fingerprint density at radius 1 is 1.19 bits per heavy atom. The van der Waals surface area contributed by atoms with Crippen molar-refractivity contribution in [3.05, 3.63) is 0 Å². The fourth-order valence-electron chi connectivity index (χ4n) is 1.96. The lowest BCUT2D eigenvalue weighted by Gasteiger charge is -2.32. The fourth-order valence-corrected chi connectivity index (χ4v) is 2.60. The standard InChI is InChI=1S/C12H24BrNO.H3N/c1-2-3-4-5-6-7-8-12(13)11-14-9-10-15-12;/h14H,2-11H2,1H3;1H3. The van der Waals surface area contributed by atoms with Crippen LogP contribution in [-0.4, -0.2) is 24.2 Å². The number of nitrogens with one attached hydrogen (secondary N) is 1. The van der Waals surface area contributed by atoms with Gasteiger partial charge in [-0.25, -0.2) is 0 Å². The van der Waals surface area contributed by atoms with Crippen LogP contribution in [0.1, 0.15) is 51.9 Å². The zero-order chi connectivity index (χ0) is 11.0. The van der Waals surface area contributed by atoms with Gasteiger partial charge in [-0.1, -0.05) is 55.0 Å². The first-order valence-corrected chi connectivity index (χ1v) is 7.10. The van der Waals surface area contributed by atoms with E-state index in [0.29, 0.717) is 0 Å². The molecular weight excluding hydrogens is 268 g/mol. The van der Waals surface area contributed by atoms with E-state index in [1.54, 1.807) is 0 Å². The molecule has 0 saturated carbocycles. The number of alkyl halides is 1. The van der Waals surface area contributed by atoms with Crippen LogP contribution in [0.4, 0.5) is 0 Å². The number of morpholine rings is 1. The number of halogens is 1. The molecule has 1 rings (SSSR count). The molecule has 1 atom stereocenters. The molecule has 0 aromatic heterocycles. The molecule has 1 unspecified atom stereocenters. The normalized spacial score (nSPS) is 25.1. The number of rotatable bonds is 7. The molecule has 4 heteroatoms. The third-order valence-electron chi connectivity index (χ3n) is 2.93. The van der Waals surface area contributed by atoms with Gasteiger partial charge in [-0.2, -0.15) is 0 Å². The molecule has 1 aliphatic rings. The summed E-state index contributed by atoms with van der Waals surface area (Å²) in [6, 6.07) is 0. The van der Waals surface area contributed by atoms with Gasteiger partial charge >= 0.3 is 0 Å². The van der Waals surface area contributed by atoms with E-state index < -0.39 is 0 Å². The van der Waals surface area contributed by atoms with Crippen molar-refractivity contribution in [2.75, 3.05) is 19.7 Å². The van der Waals surface area contributed by atoms with E-state index in [1.807, 2.05) is 0 Å². The summed E-state index contributed by atoms with van der Waals surface area (Å²) in [6.07, 6.45) is 9.24. The highest BCUT2D eigenvalue weighted by atomic mass is 79.9. The molecule has 3 nitrogen and oxygen atoms in total. The smallest absolute Gasteiger partial charge is 0.135 e. The van der Waals surface area contributed by atoms with Crippen molar-refractivity contribution in [3.63, 3.8) is 0 Å². The van der Waals surface area contributed by atoms with Crippen LogP contribution >= 0.6 is 15.9 Å². The highest BCUT2D eigenvalue weighted by molar-refractivity contribution is 9.10. The molecule has 0 bridgehead atoms. The predicted molar refractivity (Wildman–Crippen MR) is 73.5 cm³/mol. The Morgan fingerprint density at radius 3 is 2.50 bits per heavy atom. The van der Waals surface area contributed by atoms with Crippen molar-refractivity contribution >= 4 is 15.9 Å². The third kappa shape index (κ3) is 6.84. The first-order valence-electron chi connectivity index (χ1n) is 6.30. The summed E-state index contributed by atoms with van der Waals surface area (Å²) in [5.74, 6) is 0. The first kappa shape index (κ1) is 16.4. The summed E-state index contributed by atoms with van der Waals surface area (Å²) < 4.78 is 5.67. The van der Waals surface area contributed by atoms with Crippen LogP contribution in [0, 0.1) is 0 Å². The Morgan fingerprint density at radius 2 is 1.88 bits per heavy atom. The lowest BCUT2D eigenvalue weighted by molar-refractivity contribution is 0.000777. The molecule has 1 heterocycles. The summed E-state index contributed by atoms with van der Waals surface area (Å²) in [5.41, 5.74) is 0. The first-order chi connectivity index (χ1) is 7.27. The second-order valence-corrected chi connectivity index (χ2v) is 5.87. The van der Waals surface area contributed by atoms with Crippen molar-refractivity contribution < 1.29 is 4.74 Å². The molecule has 16 heavy (non-hydrogen) atoms. The molecule has 0 amide bonds.